The van der Waals surface area contributed by atoms with Gasteiger partial charge in [-0.05, 0) is 31.2 Å². The number of aromatic nitrogens is 2. The molecule has 3 aromatic rings. The highest BCUT2D eigenvalue weighted by molar-refractivity contribution is 5.62. The Kier molecular flexibility index (Phi) is 3.61. The average Bonchev–Trinajstić information content (AvgIpc) is 3.23. The lowest BCUT2D eigenvalue weighted by Crippen LogP contribution is -2.12. The van der Waals surface area contributed by atoms with Crippen molar-refractivity contribution >= 4 is 0 Å². The predicted octanol–water partition coefficient (Wildman–Crippen LogP) is 3.64. The van der Waals surface area contributed by atoms with Crippen molar-refractivity contribution < 1.29 is 14.6 Å². The maximum absolute atomic E-state index is 9.90. The fourth-order valence-corrected chi connectivity index (χ4v) is 3.09. The molecule has 0 radical (unpaired) electrons. The van der Waals surface area contributed by atoms with E-state index in [0.29, 0.717) is 19.0 Å². The third kappa shape index (κ3) is 2.38. The van der Waals surface area contributed by atoms with Crippen LogP contribution in [0.5, 0.6) is 17.2 Å². The maximum atomic E-state index is 9.90. The van der Waals surface area contributed by atoms with Crippen molar-refractivity contribution in [3.63, 3.8) is 0 Å². The number of imidazole rings is 1. The van der Waals surface area contributed by atoms with Crippen LogP contribution in [0.3, 0.4) is 0 Å². The first-order valence-electron chi connectivity index (χ1n) is 7.98. The summed E-state index contributed by atoms with van der Waals surface area (Å²) in [5.74, 6) is 2.34. The SMILES string of the molecule is CCOc1cc(-c2nccn2C2COc3ccccc32)ccc1O. The molecule has 0 amide bonds. The lowest BCUT2D eigenvalue weighted by Gasteiger charge is -2.15. The van der Waals surface area contributed by atoms with Crippen LogP contribution in [0.4, 0.5) is 0 Å². The number of hydrogen-bond donors (Lipinski definition) is 1. The molecule has 2 aromatic carbocycles. The van der Waals surface area contributed by atoms with Gasteiger partial charge in [0.25, 0.3) is 0 Å². The van der Waals surface area contributed by atoms with Gasteiger partial charge in [-0.3, -0.25) is 0 Å². The monoisotopic (exact) mass is 322 g/mol. The topological polar surface area (TPSA) is 56.5 Å². The van der Waals surface area contributed by atoms with E-state index in [1.165, 1.54) is 0 Å². The number of aromatic hydroxyl groups is 1. The first-order valence-corrected chi connectivity index (χ1v) is 7.98. The highest BCUT2D eigenvalue weighted by Crippen LogP contribution is 2.38. The standard InChI is InChI=1S/C19H18N2O3/c1-2-23-18-11-13(7-8-16(18)22)19-20-9-10-21(19)15-12-24-17-6-4-3-5-14(15)17/h3-11,15,22H,2,12H2,1H3. The third-order valence-corrected chi connectivity index (χ3v) is 4.20. The molecule has 0 spiro atoms. The van der Waals surface area contributed by atoms with Gasteiger partial charge in [0.15, 0.2) is 11.5 Å². The molecule has 0 saturated carbocycles. The molecular weight excluding hydrogens is 304 g/mol. The molecule has 0 bridgehead atoms. The van der Waals surface area contributed by atoms with Crippen molar-refractivity contribution in [3.8, 4) is 28.6 Å². The minimum atomic E-state index is 0.0862. The van der Waals surface area contributed by atoms with Crippen molar-refractivity contribution in [2.75, 3.05) is 13.2 Å². The summed E-state index contributed by atoms with van der Waals surface area (Å²) < 4.78 is 13.4. The summed E-state index contributed by atoms with van der Waals surface area (Å²) in [4.78, 5) is 4.51. The molecule has 1 aliphatic rings. The molecule has 1 N–H and O–H groups in total. The van der Waals surface area contributed by atoms with E-state index in [9.17, 15) is 5.11 Å². The molecule has 24 heavy (non-hydrogen) atoms. The second-order valence-electron chi connectivity index (χ2n) is 5.64. The van der Waals surface area contributed by atoms with E-state index in [-0.39, 0.29) is 11.8 Å². The Labute approximate surface area is 140 Å². The van der Waals surface area contributed by atoms with Gasteiger partial charge >= 0.3 is 0 Å². The number of ether oxygens (including phenoxy) is 2. The lowest BCUT2D eigenvalue weighted by atomic mass is 10.1. The Morgan fingerprint density at radius 3 is 3.04 bits per heavy atom. The molecule has 4 rings (SSSR count). The molecule has 1 atom stereocenters. The fourth-order valence-electron chi connectivity index (χ4n) is 3.09. The van der Waals surface area contributed by atoms with Gasteiger partial charge in [0.2, 0.25) is 0 Å². The van der Waals surface area contributed by atoms with Gasteiger partial charge in [-0.15, -0.1) is 0 Å². The Balaban J connectivity index is 1.75. The van der Waals surface area contributed by atoms with E-state index in [0.717, 1.165) is 22.7 Å². The molecule has 1 unspecified atom stereocenters. The number of phenols is 1. The zero-order chi connectivity index (χ0) is 16.5. The second kappa shape index (κ2) is 5.92. The summed E-state index contributed by atoms with van der Waals surface area (Å²) >= 11 is 0. The number of fused-ring (bicyclic) bond motifs is 1. The number of para-hydroxylation sites is 1. The fraction of sp³-hybridized carbons (Fsp3) is 0.211. The van der Waals surface area contributed by atoms with Crippen LogP contribution >= 0.6 is 0 Å². The second-order valence-corrected chi connectivity index (χ2v) is 5.64. The Morgan fingerprint density at radius 1 is 1.29 bits per heavy atom. The van der Waals surface area contributed by atoms with Crippen LogP contribution in [0.25, 0.3) is 11.4 Å². The van der Waals surface area contributed by atoms with E-state index in [4.69, 9.17) is 9.47 Å². The smallest absolute Gasteiger partial charge is 0.161 e. The van der Waals surface area contributed by atoms with E-state index in [2.05, 4.69) is 15.6 Å². The van der Waals surface area contributed by atoms with Crippen molar-refractivity contribution in [3.05, 3.63) is 60.4 Å². The van der Waals surface area contributed by atoms with Crippen LogP contribution in [0.2, 0.25) is 0 Å². The molecule has 1 aromatic heterocycles. The molecule has 5 nitrogen and oxygen atoms in total. The minimum Gasteiger partial charge on any atom is -0.504 e. The summed E-state index contributed by atoms with van der Waals surface area (Å²) in [5, 5.41) is 9.90. The summed E-state index contributed by atoms with van der Waals surface area (Å²) in [6.45, 7) is 2.97. The molecule has 122 valence electrons. The first kappa shape index (κ1) is 14.6. The van der Waals surface area contributed by atoms with Gasteiger partial charge in [0.05, 0.1) is 12.6 Å². The zero-order valence-electron chi connectivity index (χ0n) is 13.3. The van der Waals surface area contributed by atoms with Crippen molar-refractivity contribution in [1.82, 2.24) is 9.55 Å². The maximum Gasteiger partial charge on any atom is 0.161 e. The van der Waals surface area contributed by atoms with Crippen molar-refractivity contribution in [2.45, 2.75) is 13.0 Å². The van der Waals surface area contributed by atoms with Gasteiger partial charge in [-0.2, -0.15) is 0 Å². The summed E-state index contributed by atoms with van der Waals surface area (Å²) in [7, 11) is 0. The number of nitrogens with zero attached hydrogens (tertiary/aromatic N) is 2. The average molecular weight is 322 g/mol. The zero-order valence-corrected chi connectivity index (χ0v) is 13.3. The van der Waals surface area contributed by atoms with Gasteiger partial charge in [0.1, 0.15) is 18.2 Å². The summed E-state index contributed by atoms with van der Waals surface area (Å²) in [6, 6.07) is 13.5. The van der Waals surface area contributed by atoms with E-state index >= 15 is 0 Å². The number of hydrogen-bond acceptors (Lipinski definition) is 4. The van der Waals surface area contributed by atoms with Gasteiger partial charge < -0.3 is 19.1 Å². The lowest BCUT2D eigenvalue weighted by molar-refractivity contribution is 0.316. The predicted molar refractivity (Wildman–Crippen MR) is 90.6 cm³/mol. The largest absolute Gasteiger partial charge is 0.504 e. The van der Waals surface area contributed by atoms with Crippen LogP contribution in [0.15, 0.2) is 54.9 Å². The van der Waals surface area contributed by atoms with E-state index in [1.807, 2.05) is 43.5 Å². The summed E-state index contributed by atoms with van der Waals surface area (Å²) in [6.07, 6.45) is 3.74. The molecule has 0 saturated heterocycles. The van der Waals surface area contributed by atoms with Gasteiger partial charge in [-0.25, -0.2) is 4.98 Å². The molecule has 2 heterocycles. The van der Waals surface area contributed by atoms with Crippen LogP contribution in [0, 0.1) is 0 Å². The Bertz CT molecular complexity index is 873. The van der Waals surface area contributed by atoms with E-state index < -0.39 is 0 Å². The molecule has 5 heteroatoms. The van der Waals surface area contributed by atoms with Crippen LogP contribution in [0.1, 0.15) is 18.5 Å². The van der Waals surface area contributed by atoms with Crippen molar-refractivity contribution in [1.29, 1.82) is 0 Å². The Morgan fingerprint density at radius 2 is 2.17 bits per heavy atom. The van der Waals surface area contributed by atoms with E-state index in [1.54, 1.807) is 12.3 Å². The third-order valence-electron chi connectivity index (χ3n) is 4.20. The molecule has 0 aliphatic carbocycles. The minimum absolute atomic E-state index is 0.0862. The first-order chi connectivity index (χ1) is 11.8. The van der Waals surface area contributed by atoms with Crippen molar-refractivity contribution in [2.24, 2.45) is 0 Å². The van der Waals surface area contributed by atoms with Crippen LogP contribution < -0.4 is 9.47 Å². The Hall–Kier alpha value is -2.95. The normalized spacial score (nSPS) is 15.8. The number of phenolic OH excluding ortho intramolecular Hbond substituents is 1. The van der Waals surface area contributed by atoms with Gasteiger partial charge in [0, 0.05) is 23.5 Å². The van der Waals surface area contributed by atoms with Gasteiger partial charge in [-0.1, -0.05) is 18.2 Å². The van der Waals surface area contributed by atoms with Crippen LogP contribution in [-0.2, 0) is 0 Å². The van der Waals surface area contributed by atoms with Crippen LogP contribution in [-0.4, -0.2) is 27.9 Å². The molecule has 0 fully saturated rings. The highest BCUT2D eigenvalue weighted by Gasteiger charge is 2.27. The highest BCUT2D eigenvalue weighted by atomic mass is 16.5. The number of benzene rings is 2. The molecular formula is C19H18N2O3. The number of rotatable bonds is 4. The molecule has 1 aliphatic heterocycles. The summed E-state index contributed by atoms with van der Waals surface area (Å²) in [5.41, 5.74) is 2.05. The quantitative estimate of drug-likeness (QED) is 0.797.